The normalized spacial score (nSPS) is 13.8. The summed E-state index contributed by atoms with van der Waals surface area (Å²) < 4.78 is 25.5. The SMILES string of the molecule is Cc1ccc(S(=O)(=O)c2ccc(CN[C@](C)(CO)c3cccc(O)c3)cc2)cc1. The molecule has 3 aromatic rings. The summed E-state index contributed by atoms with van der Waals surface area (Å²) in [6.45, 7) is 4.03. The van der Waals surface area contributed by atoms with Crippen LogP contribution in [0.1, 0.15) is 23.6 Å². The van der Waals surface area contributed by atoms with Crippen molar-refractivity contribution in [1.29, 1.82) is 0 Å². The average Bonchev–Trinajstić information content (AvgIpc) is 2.72. The van der Waals surface area contributed by atoms with Gasteiger partial charge in [0.1, 0.15) is 5.75 Å². The molecule has 0 saturated heterocycles. The Morgan fingerprint density at radius 3 is 2.07 bits per heavy atom. The second kappa shape index (κ2) is 8.37. The van der Waals surface area contributed by atoms with E-state index in [1.807, 2.05) is 19.9 Å². The maximum absolute atomic E-state index is 12.8. The molecule has 152 valence electrons. The van der Waals surface area contributed by atoms with Crippen molar-refractivity contribution in [1.82, 2.24) is 5.32 Å². The van der Waals surface area contributed by atoms with Crippen LogP contribution in [0.2, 0.25) is 0 Å². The Morgan fingerprint density at radius 2 is 1.52 bits per heavy atom. The summed E-state index contributed by atoms with van der Waals surface area (Å²) in [6.07, 6.45) is 0. The number of hydrogen-bond donors (Lipinski definition) is 3. The van der Waals surface area contributed by atoms with Crippen LogP contribution in [-0.2, 0) is 21.9 Å². The van der Waals surface area contributed by atoms with Gasteiger partial charge in [0, 0.05) is 6.54 Å². The number of hydrogen-bond acceptors (Lipinski definition) is 5. The molecule has 29 heavy (non-hydrogen) atoms. The zero-order chi connectivity index (χ0) is 21.1. The van der Waals surface area contributed by atoms with E-state index in [2.05, 4.69) is 5.32 Å². The molecule has 3 aromatic carbocycles. The summed E-state index contributed by atoms with van der Waals surface area (Å²) in [5.41, 5.74) is 1.90. The van der Waals surface area contributed by atoms with Crippen LogP contribution in [0.3, 0.4) is 0 Å². The fourth-order valence-corrected chi connectivity index (χ4v) is 4.30. The van der Waals surface area contributed by atoms with Crippen LogP contribution in [0.15, 0.2) is 82.6 Å². The Morgan fingerprint density at radius 1 is 0.931 bits per heavy atom. The Kier molecular flexibility index (Phi) is 6.07. The molecule has 0 fully saturated rings. The first-order chi connectivity index (χ1) is 13.7. The standard InChI is InChI=1S/C23H25NO4S/c1-17-6-10-21(11-7-17)29(27,28)22-12-8-18(9-13-22)15-24-23(2,16-25)19-4-3-5-20(26)14-19/h3-14,24-26H,15-16H2,1-2H3/t23-/m1/s1. The van der Waals surface area contributed by atoms with Crippen LogP contribution in [0.4, 0.5) is 0 Å². The molecule has 0 aromatic heterocycles. The van der Waals surface area contributed by atoms with Crippen LogP contribution in [-0.4, -0.2) is 25.2 Å². The summed E-state index contributed by atoms with van der Waals surface area (Å²) in [7, 11) is -3.56. The molecule has 0 amide bonds. The minimum Gasteiger partial charge on any atom is -0.508 e. The zero-order valence-corrected chi connectivity index (χ0v) is 17.3. The van der Waals surface area contributed by atoms with Gasteiger partial charge in [-0.15, -0.1) is 0 Å². The maximum atomic E-state index is 12.8. The number of sulfone groups is 1. The second-order valence-corrected chi connectivity index (χ2v) is 9.30. The first kappa shape index (κ1) is 21.0. The smallest absolute Gasteiger partial charge is 0.206 e. The lowest BCUT2D eigenvalue weighted by Crippen LogP contribution is -2.42. The molecule has 0 saturated carbocycles. The molecule has 1 atom stereocenters. The molecular weight excluding hydrogens is 386 g/mol. The Hall–Kier alpha value is -2.67. The third-order valence-corrected chi connectivity index (χ3v) is 6.83. The summed E-state index contributed by atoms with van der Waals surface area (Å²) in [5.74, 6) is 0.134. The minimum atomic E-state index is -3.56. The third kappa shape index (κ3) is 4.67. The molecule has 5 nitrogen and oxygen atoms in total. The highest BCUT2D eigenvalue weighted by Crippen LogP contribution is 2.25. The molecule has 3 rings (SSSR count). The topological polar surface area (TPSA) is 86.6 Å². The zero-order valence-electron chi connectivity index (χ0n) is 16.5. The summed E-state index contributed by atoms with van der Waals surface area (Å²) in [6, 6.07) is 20.2. The van der Waals surface area contributed by atoms with Crippen LogP contribution in [0.5, 0.6) is 5.75 Å². The fraction of sp³-hybridized carbons (Fsp3) is 0.217. The van der Waals surface area contributed by atoms with Crippen molar-refractivity contribution >= 4 is 9.84 Å². The summed E-state index contributed by atoms with van der Waals surface area (Å²) in [5, 5.41) is 22.9. The molecule has 6 heteroatoms. The quantitative estimate of drug-likeness (QED) is 0.554. The van der Waals surface area contributed by atoms with Crippen LogP contribution in [0.25, 0.3) is 0 Å². The number of benzene rings is 3. The molecule has 0 aliphatic carbocycles. The third-order valence-electron chi connectivity index (χ3n) is 5.05. The van der Waals surface area contributed by atoms with Gasteiger partial charge in [0.25, 0.3) is 0 Å². The van der Waals surface area contributed by atoms with Gasteiger partial charge in [-0.05, 0) is 61.4 Å². The van der Waals surface area contributed by atoms with E-state index in [0.717, 1.165) is 16.7 Å². The Balaban J connectivity index is 1.76. The first-order valence-electron chi connectivity index (χ1n) is 9.31. The molecule has 0 spiro atoms. The van der Waals surface area contributed by atoms with Crippen molar-refractivity contribution in [3.8, 4) is 5.75 Å². The van der Waals surface area contributed by atoms with E-state index in [0.29, 0.717) is 6.54 Å². The Bertz CT molecular complexity index is 1080. The first-order valence-corrected chi connectivity index (χ1v) is 10.8. The molecule has 0 aliphatic rings. The summed E-state index contributed by atoms with van der Waals surface area (Å²) in [4.78, 5) is 0.508. The van der Waals surface area contributed by atoms with Crippen molar-refractivity contribution in [2.45, 2.75) is 35.7 Å². The summed E-state index contributed by atoms with van der Waals surface area (Å²) >= 11 is 0. The van der Waals surface area contributed by atoms with Gasteiger partial charge in [-0.2, -0.15) is 0 Å². The average molecular weight is 412 g/mol. The highest BCUT2D eigenvalue weighted by Gasteiger charge is 2.25. The molecule has 0 bridgehead atoms. The van der Waals surface area contributed by atoms with Gasteiger partial charge >= 0.3 is 0 Å². The Labute approximate surface area is 171 Å². The van der Waals surface area contributed by atoms with Crippen LogP contribution < -0.4 is 5.32 Å². The van der Waals surface area contributed by atoms with Gasteiger partial charge < -0.3 is 15.5 Å². The van der Waals surface area contributed by atoms with Gasteiger partial charge in [-0.3, -0.25) is 0 Å². The van der Waals surface area contributed by atoms with E-state index < -0.39 is 15.4 Å². The van der Waals surface area contributed by atoms with E-state index in [4.69, 9.17) is 0 Å². The molecule has 0 aliphatic heterocycles. The van der Waals surface area contributed by atoms with Gasteiger partial charge in [0.15, 0.2) is 0 Å². The number of phenolic OH excluding ortho intramolecular Hbond substituents is 1. The monoisotopic (exact) mass is 411 g/mol. The molecule has 0 radical (unpaired) electrons. The van der Waals surface area contributed by atoms with E-state index in [1.165, 1.54) is 0 Å². The molecular formula is C23H25NO4S. The fourth-order valence-electron chi connectivity index (χ4n) is 3.04. The van der Waals surface area contributed by atoms with E-state index >= 15 is 0 Å². The molecule has 3 N–H and O–H groups in total. The second-order valence-electron chi connectivity index (χ2n) is 7.35. The van der Waals surface area contributed by atoms with Gasteiger partial charge in [0.2, 0.25) is 9.84 Å². The van der Waals surface area contributed by atoms with E-state index in [-0.39, 0.29) is 22.1 Å². The van der Waals surface area contributed by atoms with Crippen molar-refractivity contribution in [3.05, 3.63) is 89.5 Å². The number of phenols is 1. The highest BCUT2D eigenvalue weighted by molar-refractivity contribution is 7.91. The van der Waals surface area contributed by atoms with Crippen LogP contribution >= 0.6 is 0 Å². The van der Waals surface area contributed by atoms with Crippen molar-refractivity contribution in [2.24, 2.45) is 0 Å². The number of aliphatic hydroxyl groups excluding tert-OH is 1. The lowest BCUT2D eigenvalue weighted by atomic mass is 9.92. The van der Waals surface area contributed by atoms with Crippen molar-refractivity contribution < 1.29 is 18.6 Å². The van der Waals surface area contributed by atoms with E-state index in [1.54, 1.807) is 66.7 Å². The van der Waals surface area contributed by atoms with Gasteiger partial charge in [-0.1, -0.05) is 42.0 Å². The number of aliphatic hydroxyl groups is 1. The van der Waals surface area contributed by atoms with E-state index in [9.17, 15) is 18.6 Å². The molecule has 0 unspecified atom stereocenters. The van der Waals surface area contributed by atoms with Gasteiger partial charge in [-0.25, -0.2) is 8.42 Å². The number of nitrogens with one attached hydrogen (secondary N) is 1. The largest absolute Gasteiger partial charge is 0.508 e. The predicted octanol–water partition coefficient (Wildman–Crippen LogP) is 3.53. The predicted molar refractivity (Wildman–Crippen MR) is 112 cm³/mol. The number of aromatic hydroxyl groups is 1. The van der Waals surface area contributed by atoms with Crippen LogP contribution in [0, 0.1) is 6.92 Å². The maximum Gasteiger partial charge on any atom is 0.206 e. The molecule has 0 heterocycles. The lowest BCUT2D eigenvalue weighted by molar-refractivity contribution is 0.173. The van der Waals surface area contributed by atoms with Crippen molar-refractivity contribution in [3.63, 3.8) is 0 Å². The highest BCUT2D eigenvalue weighted by atomic mass is 32.2. The van der Waals surface area contributed by atoms with Crippen molar-refractivity contribution in [2.75, 3.05) is 6.61 Å². The number of aryl methyl sites for hydroxylation is 1. The number of rotatable bonds is 7. The minimum absolute atomic E-state index is 0.134. The van der Waals surface area contributed by atoms with Gasteiger partial charge in [0.05, 0.1) is 21.9 Å². The lowest BCUT2D eigenvalue weighted by Gasteiger charge is -2.29.